The summed E-state index contributed by atoms with van der Waals surface area (Å²) in [5.74, 6) is 1.08. The number of benzene rings is 1. The Hall–Kier alpha value is -3.00. The summed E-state index contributed by atoms with van der Waals surface area (Å²) in [5, 5.41) is 8.83. The molecule has 0 spiro atoms. The van der Waals surface area contributed by atoms with Crippen molar-refractivity contribution in [1.82, 2.24) is 15.0 Å². The van der Waals surface area contributed by atoms with E-state index in [9.17, 15) is 9.59 Å². The van der Waals surface area contributed by atoms with E-state index in [4.69, 9.17) is 4.52 Å². The quantitative estimate of drug-likeness (QED) is 0.510. The second kappa shape index (κ2) is 10.5. The Morgan fingerprint density at radius 1 is 1.16 bits per heavy atom. The first-order chi connectivity index (χ1) is 15.6. The van der Waals surface area contributed by atoms with E-state index < -0.39 is 0 Å². The van der Waals surface area contributed by atoms with Gasteiger partial charge in [0.1, 0.15) is 0 Å². The van der Waals surface area contributed by atoms with E-state index in [0.717, 1.165) is 17.7 Å². The maximum absolute atomic E-state index is 12.7. The molecule has 1 aliphatic rings. The fraction of sp³-hybridized carbons (Fsp3) is 0.417. The third kappa shape index (κ3) is 5.62. The maximum Gasteiger partial charge on any atom is 0.253 e. The van der Waals surface area contributed by atoms with E-state index in [2.05, 4.69) is 15.5 Å². The summed E-state index contributed by atoms with van der Waals surface area (Å²) in [6.07, 6.45) is 7.31. The molecule has 3 aromatic rings. The molecule has 2 aromatic heterocycles. The molecule has 7 nitrogen and oxygen atoms in total. The SMILES string of the molecule is CN(C(=O)c1ccc(NC(=O)CCCc2nc(-c3cccs3)no2)cc1)C1CCCCC1. The monoisotopic (exact) mass is 452 g/mol. The number of aromatic nitrogens is 2. The number of aryl methyl sites for hydroxylation is 1. The number of nitrogens with one attached hydrogen (secondary N) is 1. The fourth-order valence-corrected chi connectivity index (χ4v) is 4.67. The highest BCUT2D eigenvalue weighted by Gasteiger charge is 2.23. The minimum Gasteiger partial charge on any atom is -0.339 e. The van der Waals surface area contributed by atoms with Crippen LogP contribution in [0.15, 0.2) is 46.3 Å². The second-order valence-electron chi connectivity index (χ2n) is 8.18. The first kappa shape index (κ1) is 22.2. The van der Waals surface area contributed by atoms with E-state index in [1.54, 1.807) is 35.6 Å². The van der Waals surface area contributed by atoms with Crippen LogP contribution in [-0.4, -0.2) is 39.9 Å². The molecule has 168 valence electrons. The molecule has 4 rings (SSSR count). The molecule has 0 bridgehead atoms. The predicted molar refractivity (Wildman–Crippen MR) is 125 cm³/mol. The minimum atomic E-state index is -0.0820. The van der Waals surface area contributed by atoms with Gasteiger partial charge in [-0.15, -0.1) is 11.3 Å². The molecule has 0 aliphatic heterocycles. The standard InChI is InChI=1S/C24H28N4O3S/c1-28(19-7-3-2-4-8-19)24(30)17-12-14-18(15-13-17)25-21(29)10-5-11-22-26-23(27-31-22)20-9-6-16-32-20/h6,9,12-16,19H,2-5,7-8,10-11H2,1H3,(H,25,29). The van der Waals surface area contributed by atoms with Crippen molar-refractivity contribution in [3.05, 3.63) is 53.2 Å². The number of nitrogens with zero attached hydrogens (tertiary/aromatic N) is 3. The van der Waals surface area contributed by atoms with Gasteiger partial charge in [-0.2, -0.15) is 4.98 Å². The fourth-order valence-electron chi connectivity index (χ4n) is 4.02. The normalized spacial score (nSPS) is 14.3. The summed E-state index contributed by atoms with van der Waals surface area (Å²) in [6.45, 7) is 0. The number of amides is 2. The Morgan fingerprint density at radius 3 is 2.66 bits per heavy atom. The summed E-state index contributed by atoms with van der Waals surface area (Å²) in [4.78, 5) is 32.2. The second-order valence-corrected chi connectivity index (χ2v) is 9.12. The molecule has 0 unspecified atom stereocenters. The molecule has 0 radical (unpaired) electrons. The highest BCUT2D eigenvalue weighted by Crippen LogP contribution is 2.24. The third-order valence-corrected chi connectivity index (χ3v) is 6.73. The van der Waals surface area contributed by atoms with Crippen molar-refractivity contribution in [2.24, 2.45) is 0 Å². The van der Waals surface area contributed by atoms with Crippen LogP contribution in [-0.2, 0) is 11.2 Å². The largest absolute Gasteiger partial charge is 0.339 e. The van der Waals surface area contributed by atoms with Gasteiger partial charge in [0, 0.05) is 37.2 Å². The van der Waals surface area contributed by atoms with Crippen LogP contribution in [0.1, 0.15) is 61.2 Å². The molecule has 8 heteroatoms. The average Bonchev–Trinajstić information content (AvgIpc) is 3.51. The smallest absolute Gasteiger partial charge is 0.253 e. The number of anilines is 1. The molecular weight excluding hydrogens is 424 g/mol. The Bertz CT molecular complexity index is 1020. The van der Waals surface area contributed by atoms with Crippen molar-refractivity contribution in [1.29, 1.82) is 0 Å². The van der Waals surface area contributed by atoms with Crippen LogP contribution in [0, 0.1) is 0 Å². The predicted octanol–water partition coefficient (Wildman–Crippen LogP) is 5.16. The highest BCUT2D eigenvalue weighted by molar-refractivity contribution is 7.13. The minimum absolute atomic E-state index is 0.0382. The maximum atomic E-state index is 12.7. The van der Waals surface area contributed by atoms with Gasteiger partial charge in [0.15, 0.2) is 0 Å². The number of hydrogen-bond donors (Lipinski definition) is 1. The Labute approximate surface area is 191 Å². The van der Waals surface area contributed by atoms with Gasteiger partial charge in [-0.3, -0.25) is 9.59 Å². The van der Waals surface area contributed by atoms with Crippen LogP contribution >= 0.6 is 11.3 Å². The summed E-state index contributed by atoms with van der Waals surface area (Å²) in [5.41, 5.74) is 1.33. The lowest BCUT2D eigenvalue weighted by Gasteiger charge is -2.31. The van der Waals surface area contributed by atoms with E-state index in [1.165, 1.54) is 19.3 Å². The van der Waals surface area contributed by atoms with Crippen LogP contribution in [0.3, 0.4) is 0 Å². The van der Waals surface area contributed by atoms with Crippen LogP contribution in [0.4, 0.5) is 5.69 Å². The summed E-state index contributed by atoms with van der Waals surface area (Å²) in [7, 11) is 1.89. The molecule has 2 heterocycles. The van der Waals surface area contributed by atoms with Gasteiger partial charge in [0.05, 0.1) is 4.88 Å². The number of carbonyl (C=O) groups is 2. The number of carbonyl (C=O) groups excluding carboxylic acids is 2. The van der Waals surface area contributed by atoms with Crippen molar-refractivity contribution in [3.8, 4) is 10.7 Å². The summed E-state index contributed by atoms with van der Waals surface area (Å²) >= 11 is 1.56. The van der Waals surface area contributed by atoms with E-state index in [1.807, 2.05) is 29.5 Å². The van der Waals surface area contributed by atoms with Gasteiger partial charge >= 0.3 is 0 Å². The zero-order valence-corrected chi connectivity index (χ0v) is 19.1. The lowest BCUT2D eigenvalue weighted by Crippen LogP contribution is -2.38. The van der Waals surface area contributed by atoms with Crippen LogP contribution in [0.5, 0.6) is 0 Å². The van der Waals surface area contributed by atoms with Gasteiger partial charge < -0.3 is 14.7 Å². The molecule has 0 saturated heterocycles. The topological polar surface area (TPSA) is 88.3 Å². The first-order valence-corrected chi connectivity index (χ1v) is 12.0. The lowest BCUT2D eigenvalue weighted by molar-refractivity contribution is -0.116. The van der Waals surface area contributed by atoms with E-state index in [0.29, 0.717) is 48.3 Å². The number of rotatable bonds is 8. The van der Waals surface area contributed by atoms with Crippen LogP contribution in [0.25, 0.3) is 10.7 Å². The molecule has 1 saturated carbocycles. The molecule has 1 fully saturated rings. The number of hydrogen-bond acceptors (Lipinski definition) is 6. The van der Waals surface area contributed by atoms with Crippen molar-refractivity contribution < 1.29 is 14.1 Å². The first-order valence-electron chi connectivity index (χ1n) is 11.1. The molecule has 0 atom stereocenters. The molecule has 32 heavy (non-hydrogen) atoms. The molecule has 1 aliphatic carbocycles. The van der Waals surface area contributed by atoms with E-state index in [-0.39, 0.29) is 11.8 Å². The van der Waals surface area contributed by atoms with Crippen molar-refractivity contribution in [2.45, 2.75) is 57.4 Å². The van der Waals surface area contributed by atoms with Crippen LogP contribution in [0.2, 0.25) is 0 Å². The average molecular weight is 453 g/mol. The Kier molecular flexibility index (Phi) is 7.32. The van der Waals surface area contributed by atoms with Gasteiger partial charge in [-0.1, -0.05) is 30.5 Å². The van der Waals surface area contributed by atoms with Gasteiger partial charge in [0.2, 0.25) is 17.6 Å². The van der Waals surface area contributed by atoms with Gasteiger partial charge in [0.25, 0.3) is 5.91 Å². The summed E-state index contributed by atoms with van der Waals surface area (Å²) in [6, 6.07) is 11.3. The van der Waals surface area contributed by atoms with Crippen molar-refractivity contribution in [3.63, 3.8) is 0 Å². The lowest BCUT2D eigenvalue weighted by atomic mass is 9.94. The summed E-state index contributed by atoms with van der Waals surface area (Å²) < 4.78 is 5.27. The Morgan fingerprint density at radius 2 is 1.94 bits per heavy atom. The highest BCUT2D eigenvalue weighted by atomic mass is 32.1. The zero-order chi connectivity index (χ0) is 22.3. The third-order valence-electron chi connectivity index (χ3n) is 5.86. The van der Waals surface area contributed by atoms with Crippen LogP contribution < -0.4 is 5.32 Å². The molecular formula is C24H28N4O3S. The number of thiophene rings is 1. The van der Waals surface area contributed by atoms with Gasteiger partial charge in [-0.25, -0.2) is 0 Å². The van der Waals surface area contributed by atoms with Crippen molar-refractivity contribution in [2.75, 3.05) is 12.4 Å². The van der Waals surface area contributed by atoms with Crippen molar-refractivity contribution >= 4 is 28.8 Å². The van der Waals surface area contributed by atoms with Gasteiger partial charge in [-0.05, 0) is 55.0 Å². The van der Waals surface area contributed by atoms with E-state index >= 15 is 0 Å². The zero-order valence-electron chi connectivity index (χ0n) is 18.3. The molecule has 1 N–H and O–H groups in total. The molecule has 2 amide bonds. The molecule has 1 aromatic carbocycles. The Balaban J connectivity index is 1.22.